The molecule has 1 saturated heterocycles. The predicted molar refractivity (Wildman–Crippen MR) is 87.9 cm³/mol. The maximum absolute atomic E-state index is 12.4. The third-order valence-corrected chi connectivity index (χ3v) is 5.38. The van der Waals surface area contributed by atoms with Crippen molar-refractivity contribution >= 4 is 11.7 Å². The Balaban J connectivity index is 1.66. The van der Waals surface area contributed by atoms with Crippen molar-refractivity contribution in [1.82, 2.24) is 0 Å². The normalized spacial score (nSPS) is 30.7. The van der Waals surface area contributed by atoms with Gasteiger partial charge in [-0.15, -0.1) is 0 Å². The molecule has 6 nitrogen and oxygen atoms in total. The van der Waals surface area contributed by atoms with Gasteiger partial charge >= 0.3 is 5.97 Å². The van der Waals surface area contributed by atoms with Gasteiger partial charge in [-0.1, -0.05) is 26.2 Å². The molecule has 6 heteroatoms. The number of epoxide rings is 1. The second-order valence-electron chi connectivity index (χ2n) is 6.92. The molecular formula is C18H23NO5. The summed E-state index contributed by atoms with van der Waals surface area (Å²) in [6, 6.07) is 5.51. The number of carbonyl (C=O) groups is 1. The van der Waals surface area contributed by atoms with Gasteiger partial charge in [-0.3, -0.25) is 10.1 Å². The fourth-order valence-corrected chi connectivity index (χ4v) is 3.87. The fraction of sp³-hybridized carbons (Fsp3) is 0.611. The second-order valence-corrected chi connectivity index (χ2v) is 6.92. The number of nitro groups is 1. The zero-order chi connectivity index (χ0) is 17.4. The third-order valence-electron chi connectivity index (χ3n) is 5.38. The van der Waals surface area contributed by atoms with E-state index in [1.54, 1.807) is 0 Å². The van der Waals surface area contributed by atoms with E-state index in [9.17, 15) is 14.9 Å². The number of rotatable bonds is 7. The van der Waals surface area contributed by atoms with E-state index < -0.39 is 10.9 Å². The lowest BCUT2D eigenvalue weighted by atomic mass is 9.90. The van der Waals surface area contributed by atoms with Crippen LogP contribution in [-0.4, -0.2) is 28.2 Å². The number of nitro benzene ring substituents is 1. The summed E-state index contributed by atoms with van der Waals surface area (Å²) in [5.74, 6) is -0.440. The van der Waals surface area contributed by atoms with Gasteiger partial charge < -0.3 is 9.47 Å². The largest absolute Gasteiger partial charge is 0.456 e. The maximum atomic E-state index is 12.4. The summed E-state index contributed by atoms with van der Waals surface area (Å²) in [6.07, 6.45) is 5.73. The van der Waals surface area contributed by atoms with E-state index in [1.165, 1.54) is 24.3 Å². The summed E-state index contributed by atoms with van der Waals surface area (Å²) in [5.41, 5.74) is -0.208. The number of esters is 1. The van der Waals surface area contributed by atoms with Crippen molar-refractivity contribution in [2.75, 3.05) is 0 Å². The van der Waals surface area contributed by atoms with Gasteiger partial charge in [-0.2, -0.15) is 0 Å². The Bertz CT molecular complexity index is 643. The molecule has 1 saturated carbocycles. The molecule has 1 aromatic rings. The highest BCUT2D eigenvalue weighted by Crippen LogP contribution is 2.62. The van der Waals surface area contributed by atoms with E-state index >= 15 is 0 Å². The minimum atomic E-state index is -0.488. The second kappa shape index (κ2) is 6.16. The Morgan fingerprint density at radius 2 is 2.08 bits per heavy atom. The van der Waals surface area contributed by atoms with Crippen LogP contribution in [0.1, 0.15) is 62.7 Å². The van der Waals surface area contributed by atoms with Gasteiger partial charge in [-0.05, 0) is 38.3 Å². The first-order valence-electron chi connectivity index (χ1n) is 8.57. The van der Waals surface area contributed by atoms with Crippen LogP contribution in [0, 0.1) is 10.1 Å². The van der Waals surface area contributed by atoms with Gasteiger partial charge in [-0.25, -0.2) is 4.79 Å². The van der Waals surface area contributed by atoms with Crippen LogP contribution in [0.2, 0.25) is 0 Å². The van der Waals surface area contributed by atoms with Crippen LogP contribution >= 0.6 is 0 Å². The average Bonchev–Trinajstić information content (AvgIpc) is 3.08. The first-order valence-corrected chi connectivity index (χ1v) is 8.57. The van der Waals surface area contributed by atoms with E-state index in [0.29, 0.717) is 5.56 Å². The lowest BCUT2D eigenvalue weighted by Gasteiger charge is -2.21. The summed E-state index contributed by atoms with van der Waals surface area (Å²) >= 11 is 0. The van der Waals surface area contributed by atoms with Crippen molar-refractivity contribution in [3.05, 3.63) is 39.9 Å². The van der Waals surface area contributed by atoms with Crippen molar-refractivity contribution in [3.8, 4) is 0 Å². The minimum absolute atomic E-state index is 0.0402. The molecule has 0 radical (unpaired) electrons. The number of benzene rings is 1. The number of hydrogen-bond donors (Lipinski definition) is 0. The van der Waals surface area contributed by atoms with Gasteiger partial charge in [0, 0.05) is 12.1 Å². The molecule has 1 aromatic carbocycles. The molecule has 0 amide bonds. The standard InChI is InChI=1S/C18H23NO5/c1-3-4-5-11-18-15(10-12-17(18,2)24-18)23-16(20)13-6-8-14(9-7-13)19(21)22/h6-9,15H,3-5,10-12H2,1-2H3/t15-,17+,18-/m0/s1. The molecule has 0 N–H and O–H groups in total. The lowest BCUT2D eigenvalue weighted by Crippen LogP contribution is -2.34. The van der Waals surface area contributed by atoms with Crippen molar-refractivity contribution in [2.24, 2.45) is 0 Å². The number of non-ortho nitro benzene ring substituents is 1. The first-order chi connectivity index (χ1) is 11.4. The zero-order valence-corrected chi connectivity index (χ0v) is 14.1. The Morgan fingerprint density at radius 3 is 2.67 bits per heavy atom. The molecule has 2 fully saturated rings. The molecule has 130 valence electrons. The molecule has 0 unspecified atom stereocenters. The number of unbranched alkanes of at least 4 members (excludes halogenated alkanes) is 2. The zero-order valence-electron chi connectivity index (χ0n) is 14.1. The number of fused-ring (bicyclic) bond motifs is 1. The van der Waals surface area contributed by atoms with Crippen molar-refractivity contribution in [1.29, 1.82) is 0 Å². The van der Waals surface area contributed by atoms with E-state index in [1.807, 2.05) is 0 Å². The summed E-state index contributed by atoms with van der Waals surface area (Å²) in [4.78, 5) is 22.6. The molecule has 0 aromatic heterocycles. The molecule has 2 aliphatic rings. The van der Waals surface area contributed by atoms with Crippen LogP contribution in [0.5, 0.6) is 0 Å². The number of nitrogens with zero attached hydrogens (tertiary/aromatic N) is 1. The Labute approximate surface area is 141 Å². The molecule has 0 bridgehead atoms. The summed E-state index contributed by atoms with van der Waals surface area (Å²) < 4.78 is 11.7. The van der Waals surface area contributed by atoms with Gasteiger partial charge in [0.25, 0.3) is 5.69 Å². The van der Waals surface area contributed by atoms with E-state index in [4.69, 9.17) is 9.47 Å². The Hall–Kier alpha value is -1.95. The molecular weight excluding hydrogens is 310 g/mol. The summed E-state index contributed by atoms with van der Waals surface area (Å²) in [6.45, 7) is 4.25. The average molecular weight is 333 g/mol. The van der Waals surface area contributed by atoms with Gasteiger partial charge in [0.1, 0.15) is 11.7 Å². The monoisotopic (exact) mass is 333 g/mol. The van der Waals surface area contributed by atoms with Gasteiger partial charge in [0.05, 0.1) is 16.1 Å². The number of carbonyl (C=O) groups excluding carboxylic acids is 1. The predicted octanol–water partition coefficient (Wildman–Crippen LogP) is 4.02. The highest BCUT2D eigenvalue weighted by molar-refractivity contribution is 5.89. The van der Waals surface area contributed by atoms with E-state index in [0.717, 1.165) is 38.5 Å². The molecule has 3 rings (SSSR count). The lowest BCUT2D eigenvalue weighted by molar-refractivity contribution is -0.384. The maximum Gasteiger partial charge on any atom is 0.338 e. The summed E-state index contributed by atoms with van der Waals surface area (Å²) in [5, 5.41) is 10.7. The van der Waals surface area contributed by atoms with Crippen molar-refractivity contribution in [2.45, 2.75) is 69.7 Å². The number of hydrogen-bond acceptors (Lipinski definition) is 5. The van der Waals surface area contributed by atoms with Crippen molar-refractivity contribution < 1.29 is 19.2 Å². The summed E-state index contributed by atoms with van der Waals surface area (Å²) in [7, 11) is 0. The highest BCUT2D eigenvalue weighted by atomic mass is 16.7. The highest BCUT2D eigenvalue weighted by Gasteiger charge is 2.74. The minimum Gasteiger partial charge on any atom is -0.456 e. The topological polar surface area (TPSA) is 82.0 Å². The SMILES string of the molecule is CCCCC[C@@]12O[C@]1(C)CC[C@@H]2OC(=O)c1ccc([N+](=O)[O-])cc1. The van der Waals surface area contributed by atoms with Crippen LogP contribution in [0.4, 0.5) is 5.69 Å². The Kier molecular flexibility index (Phi) is 4.34. The third kappa shape index (κ3) is 2.79. The quantitative estimate of drug-likeness (QED) is 0.247. The molecule has 1 heterocycles. The van der Waals surface area contributed by atoms with Crippen LogP contribution in [0.3, 0.4) is 0 Å². The number of ether oxygens (including phenoxy) is 2. The van der Waals surface area contributed by atoms with E-state index in [-0.39, 0.29) is 23.0 Å². The molecule has 24 heavy (non-hydrogen) atoms. The molecule has 3 atom stereocenters. The van der Waals surface area contributed by atoms with Gasteiger partial charge in [0.15, 0.2) is 0 Å². The Morgan fingerprint density at radius 1 is 1.38 bits per heavy atom. The van der Waals surface area contributed by atoms with Crippen LogP contribution in [0.25, 0.3) is 0 Å². The first kappa shape index (κ1) is 16.9. The van der Waals surface area contributed by atoms with Gasteiger partial charge in [0.2, 0.25) is 0 Å². The van der Waals surface area contributed by atoms with Crippen LogP contribution < -0.4 is 0 Å². The van der Waals surface area contributed by atoms with Crippen LogP contribution in [0.15, 0.2) is 24.3 Å². The van der Waals surface area contributed by atoms with Crippen molar-refractivity contribution in [3.63, 3.8) is 0 Å². The smallest absolute Gasteiger partial charge is 0.338 e. The molecule has 1 aliphatic carbocycles. The molecule has 0 spiro atoms. The fourth-order valence-electron chi connectivity index (χ4n) is 3.87. The van der Waals surface area contributed by atoms with E-state index in [2.05, 4.69) is 13.8 Å². The van der Waals surface area contributed by atoms with Crippen LogP contribution in [-0.2, 0) is 9.47 Å². The molecule has 1 aliphatic heterocycles.